The average Bonchev–Trinajstić information content (AvgIpc) is 3.14. The first-order valence-electron chi connectivity index (χ1n) is 6.64. The summed E-state index contributed by atoms with van der Waals surface area (Å²) in [7, 11) is 0. The Labute approximate surface area is 104 Å². The second-order valence-corrected chi connectivity index (χ2v) is 4.99. The molecule has 0 radical (unpaired) electrons. The van der Waals surface area contributed by atoms with E-state index in [2.05, 4.69) is 19.1 Å². The number of hydrogen-bond donors (Lipinski definition) is 1. The zero-order valence-corrected chi connectivity index (χ0v) is 10.6. The van der Waals surface area contributed by atoms with E-state index in [-0.39, 0.29) is 0 Å². The number of aliphatic hydroxyl groups excluding tert-OH is 1. The topological polar surface area (TPSA) is 29.5 Å². The quantitative estimate of drug-likeness (QED) is 0.785. The highest BCUT2D eigenvalue weighted by Crippen LogP contribution is 2.29. The molecule has 1 aliphatic rings. The molecule has 0 heterocycles. The lowest BCUT2D eigenvalue weighted by molar-refractivity contribution is 0.0315. The summed E-state index contributed by atoms with van der Waals surface area (Å²) in [4.78, 5) is 0. The lowest BCUT2D eigenvalue weighted by Crippen LogP contribution is -2.08. The normalized spacial score (nSPS) is 17.1. The van der Waals surface area contributed by atoms with Crippen LogP contribution in [0.1, 0.15) is 43.4 Å². The molecule has 2 nitrogen and oxygen atoms in total. The summed E-state index contributed by atoms with van der Waals surface area (Å²) in [5.41, 5.74) is 2.29. The number of hydrogen-bond acceptors (Lipinski definition) is 2. The summed E-state index contributed by atoms with van der Waals surface area (Å²) in [6.07, 6.45) is 4.37. The van der Waals surface area contributed by atoms with Crippen LogP contribution < -0.4 is 0 Å². The first kappa shape index (κ1) is 12.6. The Morgan fingerprint density at radius 3 is 2.59 bits per heavy atom. The zero-order valence-electron chi connectivity index (χ0n) is 10.6. The van der Waals surface area contributed by atoms with E-state index in [1.54, 1.807) is 0 Å². The highest BCUT2D eigenvalue weighted by molar-refractivity contribution is 5.24. The minimum absolute atomic E-state index is 0.420. The van der Waals surface area contributed by atoms with Gasteiger partial charge in [0.05, 0.1) is 6.61 Å². The van der Waals surface area contributed by atoms with Crippen molar-refractivity contribution in [1.82, 2.24) is 0 Å². The molecule has 1 aromatic carbocycles. The molecule has 0 aromatic heterocycles. The van der Waals surface area contributed by atoms with Crippen LogP contribution in [0.25, 0.3) is 0 Å². The molecule has 0 saturated heterocycles. The van der Waals surface area contributed by atoms with E-state index < -0.39 is 6.10 Å². The Morgan fingerprint density at radius 1 is 1.29 bits per heavy atom. The average molecular weight is 234 g/mol. The molecule has 0 bridgehead atoms. The molecule has 0 aliphatic heterocycles. The number of benzene rings is 1. The van der Waals surface area contributed by atoms with Gasteiger partial charge in [0.25, 0.3) is 0 Å². The molecule has 1 fully saturated rings. The lowest BCUT2D eigenvalue weighted by Gasteiger charge is -2.12. The molecular weight excluding hydrogens is 212 g/mol. The Hall–Kier alpha value is -0.860. The van der Waals surface area contributed by atoms with E-state index >= 15 is 0 Å². The minimum Gasteiger partial charge on any atom is -0.386 e. The Balaban J connectivity index is 1.78. The molecule has 0 amide bonds. The van der Waals surface area contributed by atoms with Crippen molar-refractivity contribution in [3.05, 3.63) is 35.4 Å². The van der Waals surface area contributed by atoms with Crippen LogP contribution in [0, 0.1) is 5.92 Å². The van der Waals surface area contributed by atoms with Crippen molar-refractivity contribution < 1.29 is 9.84 Å². The van der Waals surface area contributed by atoms with Crippen molar-refractivity contribution in [2.75, 3.05) is 13.2 Å². The van der Waals surface area contributed by atoms with Crippen LogP contribution in [-0.2, 0) is 11.2 Å². The Kier molecular flexibility index (Phi) is 4.57. The van der Waals surface area contributed by atoms with Gasteiger partial charge in [-0.15, -0.1) is 0 Å². The summed E-state index contributed by atoms with van der Waals surface area (Å²) in [5, 5.41) is 9.95. The maximum absolute atomic E-state index is 9.95. The Morgan fingerprint density at radius 2 is 2.00 bits per heavy atom. The monoisotopic (exact) mass is 234 g/mol. The summed E-state index contributed by atoms with van der Waals surface area (Å²) in [6.45, 7) is 3.41. The van der Waals surface area contributed by atoms with Crippen LogP contribution in [-0.4, -0.2) is 18.3 Å². The van der Waals surface area contributed by atoms with E-state index in [0.29, 0.717) is 6.61 Å². The number of ether oxygens (including phenoxy) is 1. The molecule has 1 N–H and O–H groups in total. The number of rotatable bonds is 7. The summed E-state index contributed by atoms with van der Waals surface area (Å²) < 4.78 is 5.50. The van der Waals surface area contributed by atoms with Crippen LogP contribution in [0.15, 0.2) is 24.3 Å². The van der Waals surface area contributed by atoms with Gasteiger partial charge in [0, 0.05) is 6.61 Å². The van der Waals surface area contributed by atoms with Crippen molar-refractivity contribution in [2.24, 2.45) is 5.92 Å². The smallest absolute Gasteiger partial charge is 0.102 e. The SMILES string of the molecule is CCCc1ccc(C(O)COCC2CC2)cc1. The molecule has 94 valence electrons. The number of aryl methyl sites for hydroxylation is 1. The second kappa shape index (κ2) is 6.18. The summed E-state index contributed by atoms with van der Waals surface area (Å²) >= 11 is 0. The van der Waals surface area contributed by atoms with Crippen molar-refractivity contribution in [2.45, 2.75) is 38.7 Å². The fourth-order valence-electron chi connectivity index (χ4n) is 1.92. The van der Waals surface area contributed by atoms with E-state index in [9.17, 15) is 5.11 Å². The van der Waals surface area contributed by atoms with Crippen LogP contribution in [0.2, 0.25) is 0 Å². The fourth-order valence-corrected chi connectivity index (χ4v) is 1.92. The van der Waals surface area contributed by atoms with Crippen molar-refractivity contribution in [3.8, 4) is 0 Å². The largest absolute Gasteiger partial charge is 0.386 e. The van der Waals surface area contributed by atoms with E-state index in [1.807, 2.05) is 12.1 Å². The molecule has 1 atom stereocenters. The third-order valence-corrected chi connectivity index (χ3v) is 3.23. The molecular formula is C15H22O2. The van der Waals surface area contributed by atoms with Gasteiger partial charge < -0.3 is 9.84 Å². The third kappa shape index (κ3) is 4.14. The highest BCUT2D eigenvalue weighted by Gasteiger charge is 2.21. The van der Waals surface area contributed by atoms with Gasteiger partial charge in [0.2, 0.25) is 0 Å². The van der Waals surface area contributed by atoms with E-state index in [4.69, 9.17) is 4.74 Å². The molecule has 2 rings (SSSR count). The second-order valence-electron chi connectivity index (χ2n) is 4.99. The maximum atomic E-state index is 9.95. The van der Waals surface area contributed by atoms with Crippen LogP contribution >= 0.6 is 0 Å². The number of aliphatic hydroxyl groups is 1. The van der Waals surface area contributed by atoms with Crippen molar-refractivity contribution in [3.63, 3.8) is 0 Å². The predicted octanol–water partition coefficient (Wildman–Crippen LogP) is 3.10. The maximum Gasteiger partial charge on any atom is 0.102 e. The van der Waals surface area contributed by atoms with Gasteiger partial charge in [0.1, 0.15) is 6.10 Å². The van der Waals surface area contributed by atoms with Crippen LogP contribution in [0.5, 0.6) is 0 Å². The molecule has 1 unspecified atom stereocenters. The first-order valence-corrected chi connectivity index (χ1v) is 6.64. The molecule has 17 heavy (non-hydrogen) atoms. The standard InChI is InChI=1S/C15H22O2/c1-2-3-12-6-8-14(9-7-12)15(16)11-17-10-13-4-5-13/h6-9,13,15-16H,2-5,10-11H2,1H3. The first-order chi connectivity index (χ1) is 8.29. The molecule has 1 aliphatic carbocycles. The van der Waals surface area contributed by atoms with Gasteiger partial charge >= 0.3 is 0 Å². The molecule has 1 saturated carbocycles. The van der Waals surface area contributed by atoms with Crippen molar-refractivity contribution in [1.29, 1.82) is 0 Å². The summed E-state index contributed by atoms with van der Waals surface area (Å²) in [6, 6.07) is 8.22. The van der Waals surface area contributed by atoms with Gasteiger partial charge in [-0.3, -0.25) is 0 Å². The van der Waals surface area contributed by atoms with Gasteiger partial charge in [-0.25, -0.2) is 0 Å². The zero-order chi connectivity index (χ0) is 12.1. The lowest BCUT2D eigenvalue weighted by atomic mass is 10.0. The molecule has 0 spiro atoms. The van der Waals surface area contributed by atoms with Gasteiger partial charge in [-0.2, -0.15) is 0 Å². The van der Waals surface area contributed by atoms with Gasteiger partial charge in [-0.1, -0.05) is 37.6 Å². The summed E-state index contributed by atoms with van der Waals surface area (Å²) in [5.74, 6) is 0.758. The Bertz CT molecular complexity index is 327. The van der Waals surface area contributed by atoms with Gasteiger partial charge in [0.15, 0.2) is 0 Å². The van der Waals surface area contributed by atoms with Crippen molar-refractivity contribution >= 4 is 0 Å². The minimum atomic E-state index is -0.482. The van der Waals surface area contributed by atoms with E-state index in [1.165, 1.54) is 18.4 Å². The van der Waals surface area contributed by atoms with Crippen LogP contribution in [0.4, 0.5) is 0 Å². The highest BCUT2D eigenvalue weighted by atomic mass is 16.5. The molecule has 1 aromatic rings. The van der Waals surface area contributed by atoms with Gasteiger partial charge in [-0.05, 0) is 36.3 Å². The third-order valence-electron chi connectivity index (χ3n) is 3.23. The van der Waals surface area contributed by atoms with Crippen LogP contribution in [0.3, 0.4) is 0 Å². The predicted molar refractivity (Wildman–Crippen MR) is 68.9 cm³/mol. The van der Waals surface area contributed by atoms with E-state index in [0.717, 1.165) is 30.9 Å². The fraction of sp³-hybridized carbons (Fsp3) is 0.600. The molecule has 2 heteroatoms.